The van der Waals surface area contributed by atoms with Gasteiger partial charge in [0.2, 0.25) is 17.5 Å². The highest BCUT2D eigenvalue weighted by atomic mass is 16.6. The summed E-state index contributed by atoms with van der Waals surface area (Å²) in [6.45, 7) is 1.71. The van der Waals surface area contributed by atoms with Crippen molar-refractivity contribution in [2.24, 2.45) is 10.3 Å². The van der Waals surface area contributed by atoms with E-state index in [4.69, 9.17) is 16.2 Å². The van der Waals surface area contributed by atoms with E-state index in [1.807, 2.05) is 0 Å². The number of carbonyl (C=O) groups is 1. The Kier molecular flexibility index (Phi) is 3.69. The van der Waals surface area contributed by atoms with Crippen molar-refractivity contribution in [3.05, 3.63) is 0 Å². The summed E-state index contributed by atoms with van der Waals surface area (Å²) in [6, 6.07) is 0. The van der Waals surface area contributed by atoms with Gasteiger partial charge in [0.1, 0.15) is 0 Å². The number of nitrogens with two attached hydrogens (primary N) is 2. The maximum absolute atomic E-state index is 11.7. The first-order valence-corrected chi connectivity index (χ1v) is 5.18. The van der Waals surface area contributed by atoms with Crippen LogP contribution < -0.4 is 16.5 Å². The van der Waals surface area contributed by atoms with Gasteiger partial charge >= 0.3 is 6.09 Å². The molecule has 0 unspecified atom stereocenters. The molecule has 0 aromatic carbocycles. The van der Waals surface area contributed by atoms with Gasteiger partial charge in [-0.3, -0.25) is 0 Å². The molecule has 2 aromatic heterocycles. The van der Waals surface area contributed by atoms with Crippen LogP contribution in [0, 0.1) is 0 Å². The fourth-order valence-electron chi connectivity index (χ4n) is 1.04. The molecule has 0 aliphatic rings. The van der Waals surface area contributed by atoms with E-state index in [1.165, 1.54) is 0 Å². The molecule has 0 bridgehead atoms. The smallest absolute Gasteiger partial charge is 0.438 e. The molecule has 1 amide bonds. The molecule has 2 rings (SSSR count). The Bertz CT molecular complexity index is 619. The van der Waals surface area contributed by atoms with Crippen LogP contribution in [0.3, 0.4) is 0 Å². The van der Waals surface area contributed by atoms with E-state index in [-0.39, 0.29) is 29.9 Å². The molecule has 0 spiro atoms. The number of rotatable bonds is 4. The van der Waals surface area contributed by atoms with Crippen molar-refractivity contribution in [2.75, 3.05) is 23.1 Å². The van der Waals surface area contributed by atoms with Gasteiger partial charge in [0.25, 0.3) is 5.82 Å². The van der Waals surface area contributed by atoms with Crippen LogP contribution in [0.25, 0.3) is 0 Å². The molecular formula is C7H9N9O4. The van der Waals surface area contributed by atoms with E-state index < -0.39 is 6.09 Å². The van der Waals surface area contributed by atoms with E-state index in [1.54, 1.807) is 6.92 Å². The summed E-state index contributed by atoms with van der Waals surface area (Å²) in [4.78, 5) is 11.7. The number of nitrogen functional groups attached to an aromatic ring is 2. The van der Waals surface area contributed by atoms with Crippen LogP contribution in [0.5, 0.6) is 0 Å². The number of amides is 1. The van der Waals surface area contributed by atoms with E-state index in [2.05, 4.69) is 40.2 Å². The average Bonchev–Trinajstić information content (AvgIpc) is 3.00. The molecule has 0 saturated carbocycles. The van der Waals surface area contributed by atoms with Gasteiger partial charge in [-0.25, -0.2) is 14.1 Å². The molecule has 0 saturated heterocycles. The third kappa shape index (κ3) is 2.60. The van der Waals surface area contributed by atoms with Gasteiger partial charge in [0.15, 0.2) is 0 Å². The van der Waals surface area contributed by atoms with Crippen molar-refractivity contribution in [2.45, 2.75) is 6.92 Å². The predicted molar refractivity (Wildman–Crippen MR) is 61.4 cm³/mol. The fourth-order valence-corrected chi connectivity index (χ4v) is 1.04. The first-order chi connectivity index (χ1) is 9.63. The minimum Gasteiger partial charge on any atom is -0.448 e. The third-order valence-corrected chi connectivity index (χ3v) is 1.86. The van der Waals surface area contributed by atoms with Gasteiger partial charge in [-0.05, 0) is 27.6 Å². The van der Waals surface area contributed by atoms with Gasteiger partial charge in [-0.2, -0.15) is 0 Å². The van der Waals surface area contributed by atoms with Crippen LogP contribution in [-0.2, 0) is 4.74 Å². The highest BCUT2D eigenvalue weighted by molar-refractivity contribution is 5.88. The maximum Gasteiger partial charge on any atom is 0.438 e. The standard InChI is InChI=1S/C7H9N9O4/c1-2-18-7(17)16(6-4(9)12-20-14-6)15-10-5-3(8)11-19-13-5/h2H2,1H3,(H2,8,11)(H2,9,12). The molecule has 106 valence electrons. The topological polar surface area (TPSA) is 184 Å². The van der Waals surface area contributed by atoms with Crippen LogP contribution in [0.4, 0.5) is 28.1 Å². The largest absolute Gasteiger partial charge is 0.448 e. The Balaban J connectivity index is 2.28. The lowest BCUT2D eigenvalue weighted by molar-refractivity contribution is 0.159. The Hall–Kier alpha value is -3.25. The van der Waals surface area contributed by atoms with Crippen LogP contribution in [0.1, 0.15) is 6.92 Å². The molecule has 13 heteroatoms. The van der Waals surface area contributed by atoms with Gasteiger partial charge in [0.05, 0.1) is 6.61 Å². The number of carbonyl (C=O) groups excluding carboxylic acids is 1. The molecule has 0 atom stereocenters. The number of aromatic nitrogens is 4. The van der Waals surface area contributed by atoms with E-state index in [0.29, 0.717) is 5.01 Å². The van der Waals surface area contributed by atoms with Crippen molar-refractivity contribution < 1.29 is 18.8 Å². The van der Waals surface area contributed by atoms with Gasteiger partial charge in [-0.1, -0.05) is 5.22 Å². The monoisotopic (exact) mass is 283 g/mol. The Morgan fingerprint density at radius 2 is 1.95 bits per heavy atom. The van der Waals surface area contributed by atoms with E-state index >= 15 is 0 Å². The zero-order valence-electron chi connectivity index (χ0n) is 10.1. The third-order valence-electron chi connectivity index (χ3n) is 1.86. The summed E-state index contributed by atoms with van der Waals surface area (Å²) in [5.74, 6) is -0.608. The minimum atomic E-state index is -0.895. The Labute approximate surface area is 110 Å². The zero-order chi connectivity index (χ0) is 14.5. The number of anilines is 3. The van der Waals surface area contributed by atoms with Crippen LogP contribution in [0.15, 0.2) is 19.6 Å². The second kappa shape index (κ2) is 5.59. The van der Waals surface area contributed by atoms with Crippen LogP contribution >= 0.6 is 0 Å². The SMILES string of the molecule is CCOC(=O)N(N=Nc1nonc1N)c1nonc1N. The molecule has 0 radical (unpaired) electrons. The summed E-state index contributed by atoms with van der Waals surface area (Å²) in [6.07, 6.45) is -0.895. The van der Waals surface area contributed by atoms with Gasteiger partial charge < -0.3 is 16.2 Å². The summed E-state index contributed by atoms with van der Waals surface area (Å²) in [5.41, 5.74) is 10.8. The summed E-state index contributed by atoms with van der Waals surface area (Å²) in [7, 11) is 0. The van der Waals surface area contributed by atoms with Gasteiger partial charge in [-0.15, -0.1) is 10.1 Å². The molecular weight excluding hydrogens is 274 g/mol. The van der Waals surface area contributed by atoms with Gasteiger partial charge in [0, 0.05) is 0 Å². The van der Waals surface area contributed by atoms with Crippen LogP contribution in [-0.4, -0.2) is 33.3 Å². The first-order valence-electron chi connectivity index (χ1n) is 5.18. The molecule has 2 aromatic rings. The number of nitrogens with zero attached hydrogens (tertiary/aromatic N) is 7. The maximum atomic E-state index is 11.7. The minimum absolute atomic E-state index is 0.101. The molecule has 4 N–H and O–H groups in total. The molecule has 20 heavy (non-hydrogen) atoms. The molecule has 13 nitrogen and oxygen atoms in total. The van der Waals surface area contributed by atoms with Crippen molar-refractivity contribution in [1.29, 1.82) is 0 Å². The van der Waals surface area contributed by atoms with E-state index in [0.717, 1.165) is 0 Å². The normalized spacial score (nSPS) is 10.8. The van der Waals surface area contributed by atoms with Crippen LogP contribution in [0.2, 0.25) is 0 Å². The highest BCUT2D eigenvalue weighted by Gasteiger charge is 2.24. The molecule has 0 fully saturated rings. The number of hydrogen-bond acceptors (Lipinski definition) is 12. The summed E-state index contributed by atoms with van der Waals surface area (Å²) in [5, 5.41) is 21.1. The number of ether oxygens (including phenoxy) is 1. The Morgan fingerprint density at radius 3 is 2.50 bits per heavy atom. The lowest BCUT2D eigenvalue weighted by atomic mass is 10.6. The summed E-state index contributed by atoms with van der Waals surface area (Å²) < 4.78 is 13.4. The fraction of sp³-hybridized carbons (Fsp3) is 0.286. The zero-order valence-corrected chi connectivity index (χ0v) is 10.1. The molecule has 0 aliphatic carbocycles. The molecule has 2 heterocycles. The quantitative estimate of drug-likeness (QED) is 0.582. The summed E-state index contributed by atoms with van der Waals surface area (Å²) >= 11 is 0. The van der Waals surface area contributed by atoms with E-state index in [9.17, 15) is 4.79 Å². The first kappa shape index (κ1) is 13.2. The van der Waals surface area contributed by atoms with Crippen molar-refractivity contribution in [3.63, 3.8) is 0 Å². The average molecular weight is 283 g/mol. The lowest BCUT2D eigenvalue weighted by Crippen LogP contribution is -2.26. The second-order valence-electron chi connectivity index (χ2n) is 3.15. The Morgan fingerprint density at radius 1 is 1.25 bits per heavy atom. The second-order valence-corrected chi connectivity index (χ2v) is 3.15. The van der Waals surface area contributed by atoms with Crippen molar-refractivity contribution in [1.82, 2.24) is 20.6 Å². The number of hydrogen-bond donors (Lipinski definition) is 2. The lowest BCUT2D eigenvalue weighted by Gasteiger charge is -2.10. The predicted octanol–water partition coefficient (Wildman–Crippen LogP) is 0.279. The highest BCUT2D eigenvalue weighted by Crippen LogP contribution is 2.22. The van der Waals surface area contributed by atoms with Crippen molar-refractivity contribution >= 4 is 29.4 Å². The van der Waals surface area contributed by atoms with Crippen molar-refractivity contribution in [3.8, 4) is 0 Å². The molecule has 0 aliphatic heterocycles.